The Labute approximate surface area is 127 Å². The number of rotatable bonds is 4. The summed E-state index contributed by atoms with van der Waals surface area (Å²) in [6.07, 6.45) is -4.08. The molecule has 1 heterocycles. The molecule has 0 bridgehead atoms. The number of aliphatic hydroxyl groups is 1. The number of hydrogen-bond acceptors (Lipinski definition) is 3. The molecular formula is C12H13ClF3NO3S. The molecule has 1 aromatic rings. The highest BCUT2D eigenvalue weighted by Gasteiger charge is 2.32. The summed E-state index contributed by atoms with van der Waals surface area (Å²) in [5.74, 6) is -0.400. The maximum atomic E-state index is 12.3. The van der Waals surface area contributed by atoms with E-state index in [1.165, 1.54) is 6.07 Å². The Hall–Kier alpha value is -0.830. The van der Waals surface area contributed by atoms with Gasteiger partial charge in [0.1, 0.15) is 16.7 Å². The van der Waals surface area contributed by atoms with Crippen LogP contribution in [-0.2, 0) is 11.0 Å². The molecule has 0 aromatic heterocycles. The first kappa shape index (κ1) is 16.5. The molecule has 1 aromatic carbocycles. The SMILES string of the molecule is O=S(c1ccc(OC(F)(F)F)cc1Cl)N1CCC(CO)C1. The zero-order chi connectivity index (χ0) is 15.6. The van der Waals surface area contributed by atoms with Gasteiger partial charge in [-0.25, -0.2) is 8.51 Å². The van der Waals surface area contributed by atoms with Crippen LogP contribution in [0.1, 0.15) is 6.42 Å². The first-order valence-corrected chi connectivity index (χ1v) is 7.61. The van der Waals surface area contributed by atoms with Crippen LogP contribution >= 0.6 is 11.6 Å². The molecule has 1 aliphatic heterocycles. The molecule has 1 aliphatic rings. The van der Waals surface area contributed by atoms with E-state index in [1.54, 1.807) is 4.31 Å². The van der Waals surface area contributed by atoms with Crippen molar-refractivity contribution in [3.8, 4) is 5.75 Å². The zero-order valence-electron chi connectivity index (χ0n) is 10.8. The Morgan fingerprint density at radius 1 is 1.48 bits per heavy atom. The number of alkyl halides is 3. The maximum absolute atomic E-state index is 12.3. The van der Waals surface area contributed by atoms with Gasteiger partial charge >= 0.3 is 6.36 Å². The van der Waals surface area contributed by atoms with Crippen molar-refractivity contribution in [2.24, 2.45) is 5.92 Å². The number of ether oxygens (including phenoxy) is 1. The Morgan fingerprint density at radius 3 is 2.71 bits per heavy atom. The van der Waals surface area contributed by atoms with Gasteiger partial charge in [0.25, 0.3) is 0 Å². The van der Waals surface area contributed by atoms with Crippen molar-refractivity contribution in [1.29, 1.82) is 0 Å². The highest BCUT2D eigenvalue weighted by atomic mass is 35.5. The van der Waals surface area contributed by atoms with E-state index >= 15 is 0 Å². The summed E-state index contributed by atoms with van der Waals surface area (Å²) in [6, 6.07) is 3.32. The monoisotopic (exact) mass is 343 g/mol. The molecule has 2 rings (SSSR count). The molecule has 0 radical (unpaired) electrons. The fraction of sp³-hybridized carbons (Fsp3) is 0.500. The van der Waals surface area contributed by atoms with Crippen LogP contribution in [0.4, 0.5) is 13.2 Å². The van der Waals surface area contributed by atoms with E-state index in [-0.39, 0.29) is 22.4 Å². The highest BCUT2D eigenvalue weighted by molar-refractivity contribution is 7.82. The maximum Gasteiger partial charge on any atom is 0.573 e. The number of halogens is 4. The largest absolute Gasteiger partial charge is 0.573 e. The van der Waals surface area contributed by atoms with E-state index in [1.807, 2.05) is 0 Å². The van der Waals surface area contributed by atoms with E-state index in [9.17, 15) is 17.4 Å². The van der Waals surface area contributed by atoms with Crippen LogP contribution in [0.2, 0.25) is 5.02 Å². The molecule has 1 fully saturated rings. The van der Waals surface area contributed by atoms with Crippen LogP contribution in [0.15, 0.2) is 23.1 Å². The van der Waals surface area contributed by atoms with Crippen LogP contribution in [0, 0.1) is 5.92 Å². The van der Waals surface area contributed by atoms with Gasteiger partial charge in [0.15, 0.2) is 0 Å². The van der Waals surface area contributed by atoms with Crippen molar-refractivity contribution in [2.75, 3.05) is 19.7 Å². The van der Waals surface area contributed by atoms with E-state index in [4.69, 9.17) is 16.7 Å². The first-order chi connectivity index (χ1) is 9.80. The molecule has 21 heavy (non-hydrogen) atoms. The molecule has 0 saturated carbocycles. The second-order valence-corrected chi connectivity index (χ2v) is 6.48. The third-order valence-corrected chi connectivity index (χ3v) is 5.02. The van der Waals surface area contributed by atoms with Crippen LogP contribution in [0.5, 0.6) is 5.75 Å². The predicted molar refractivity (Wildman–Crippen MR) is 71.3 cm³/mol. The summed E-state index contributed by atoms with van der Waals surface area (Å²) < 4.78 is 54.0. The lowest BCUT2D eigenvalue weighted by Crippen LogP contribution is -2.24. The summed E-state index contributed by atoms with van der Waals surface area (Å²) in [4.78, 5) is 0.227. The van der Waals surface area contributed by atoms with Gasteiger partial charge < -0.3 is 9.84 Å². The lowest BCUT2D eigenvalue weighted by molar-refractivity contribution is -0.274. The molecule has 4 nitrogen and oxygen atoms in total. The van der Waals surface area contributed by atoms with Gasteiger partial charge in [0.05, 0.1) is 9.92 Å². The first-order valence-electron chi connectivity index (χ1n) is 6.13. The van der Waals surface area contributed by atoms with Gasteiger partial charge in [0.2, 0.25) is 0 Å². The van der Waals surface area contributed by atoms with E-state index in [0.29, 0.717) is 13.1 Å². The van der Waals surface area contributed by atoms with Crippen LogP contribution in [-0.4, -0.2) is 39.7 Å². The minimum absolute atomic E-state index is 0.0137. The van der Waals surface area contributed by atoms with Gasteiger partial charge in [-0.15, -0.1) is 13.2 Å². The average molecular weight is 344 g/mol. The number of aliphatic hydroxyl groups excluding tert-OH is 1. The number of hydrogen-bond donors (Lipinski definition) is 1. The standard InChI is InChI=1S/C12H13ClF3NO3S/c13-10-5-9(20-12(14,15)16)1-2-11(10)21(19)17-4-3-8(6-17)7-18/h1-2,5,8,18H,3-4,6-7H2. The summed E-state index contributed by atoms with van der Waals surface area (Å²) in [7, 11) is -1.57. The lowest BCUT2D eigenvalue weighted by atomic mass is 10.1. The summed E-state index contributed by atoms with van der Waals surface area (Å²) in [5.41, 5.74) is 0. The fourth-order valence-corrected chi connectivity index (χ4v) is 3.73. The van der Waals surface area contributed by atoms with E-state index < -0.39 is 23.1 Å². The summed E-state index contributed by atoms with van der Waals surface area (Å²) >= 11 is 5.89. The van der Waals surface area contributed by atoms with Crippen molar-refractivity contribution in [3.63, 3.8) is 0 Å². The Kier molecular flexibility index (Phi) is 5.13. The smallest absolute Gasteiger partial charge is 0.406 e. The van der Waals surface area contributed by atoms with Crippen LogP contribution in [0.25, 0.3) is 0 Å². The predicted octanol–water partition coefficient (Wildman–Crippen LogP) is 2.58. The van der Waals surface area contributed by atoms with Gasteiger partial charge in [-0.1, -0.05) is 11.6 Å². The quantitative estimate of drug-likeness (QED) is 0.914. The van der Waals surface area contributed by atoms with E-state index in [2.05, 4.69) is 4.74 Å². The topological polar surface area (TPSA) is 49.8 Å². The number of benzene rings is 1. The molecule has 0 aliphatic carbocycles. The molecule has 2 atom stereocenters. The molecule has 1 saturated heterocycles. The van der Waals surface area contributed by atoms with Crippen molar-refractivity contribution >= 4 is 22.6 Å². The minimum atomic E-state index is -4.80. The third kappa shape index (κ3) is 4.32. The Morgan fingerprint density at radius 2 is 2.19 bits per heavy atom. The molecule has 1 N–H and O–H groups in total. The minimum Gasteiger partial charge on any atom is -0.406 e. The molecule has 9 heteroatoms. The van der Waals surface area contributed by atoms with Crippen molar-refractivity contribution in [1.82, 2.24) is 4.31 Å². The van der Waals surface area contributed by atoms with Crippen molar-refractivity contribution in [2.45, 2.75) is 17.7 Å². The average Bonchev–Trinajstić information content (AvgIpc) is 2.85. The Balaban J connectivity index is 2.12. The molecular weight excluding hydrogens is 331 g/mol. The number of nitrogens with zero attached hydrogens (tertiary/aromatic N) is 1. The molecule has 0 amide bonds. The second kappa shape index (κ2) is 6.51. The highest BCUT2D eigenvalue weighted by Crippen LogP contribution is 2.31. The lowest BCUT2D eigenvalue weighted by Gasteiger charge is -2.16. The van der Waals surface area contributed by atoms with Crippen LogP contribution < -0.4 is 4.74 Å². The molecule has 118 valence electrons. The third-order valence-electron chi connectivity index (χ3n) is 3.07. The fourth-order valence-electron chi connectivity index (χ4n) is 2.06. The van der Waals surface area contributed by atoms with Gasteiger partial charge in [-0.3, -0.25) is 0 Å². The molecule has 2 unspecified atom stereocenters. The summed E-state index contributed by atoms with van der Waals surface area (Å²) in [6.45, 7) is 1.01. The van der Waals surface area contributed by atoms with Crippen LogP contribution in [0.3, 0.4) is 0 Å². The van der Waals surface area contributed by atoms with Crippen molar-refractivity contribution in [3.05, 3.63) is 23.2 Å². The van der Waals surface area contributed by atoms with Crippen molar-refractivity contribution < 1.29 is 27.2 Å². The Bertz CT molecular complexity index is 541. The van der Waals surface area contributed by atoms with Gasteiger partial charge in [-0.05, 0) is 24.5 Å². The summed E-state index contributed by atoms with van der Waals surface area (Å²) in [5, 5.41) is 9.01. The normalized spacial score (nSPS) is 21.5. The zero-order valence-corrected chi connectivity index (χ0v) is 12.3. The second-order valence-electron chi connectivity index (χ2n) is 4.61. The van der Waals surface area contributed by atoms with Gasteiger partial charge in [0, 0.05) is 25.8 Å². The molecule has 0 spiro atoms. The van der Waals surface area contributed by atoms with Gasteiger partial charge in [-0.2, -0.15) is 0 Å². The van der Waals surface area contributed by atoms with E-state index in [0.717, 1.165) is 18.6 Å².